The third-order valence-electron chi connectivity index (χ3n) is 3.07. The highest BCUT2D eigenvalue weighted by molar-refractivity contribution is 9.09. The monoisotopic (exact) mass is 256 g/mol. The second kappa shape index (κ2) is 4.47. The van der Waals surface area contributed by atoms with E-state index < -0.39 is 0 Å². The molecule has 0 saturated heterocycles. The first-order chi connectivity index (χ1) is 6.79. The van der Waals surface area contributed by atoms with Crippen LogP contribution in [0, 0.1) is 5.92 Å². The number of aromatic nitrogens is 2. The Kier molecular flexibility index (Phi) is 3.26. The van der Waals surface area contributed by atoms with Crippen LogP contribution in [0.3, 0.4) is 0 Å². The third-order valence-corrected chi connectivity index (χ3v) is 4.28. The summed E-state index contributed by atoms with van der Waals surface area (Å²) in [6.07, 6.45) is 9.47. The average molecular weight is 257 g/mol. The number of nitrogens with zero attached hydrogens (tertiary/aromatic N) is 2. The summed E-state index contributed by atoms with van der Waals surface area (Å²) in [7, 11) is 0. The highest BCUT2D eigenvalue weighted by atomic mass is 79.9. The lowest BCUT2D eigenvalue weighted by atomic mass is 10.0. The number of aryl methyl sites for hydroxylation is 1. The van der Waals surface area contributed by atoms with Crippen LogP contribution in [0.1, 0.15) is 31.7 Å². The topological polar surface area (TPSA) is 17.8 Å². The van der Waals surface area contributed by atoms with Crippen molar-refractivity contribution in [3.63, 3.8) is 0 Å². The van der Waals surface area contributed by atoms with E-state index in [1.807, 2.05) is 10.9 Å². The minimum atomic E-state index is 0.729. The predicted molar refractivity (Wildman–Crippen MR) is 61.7 cm³/mol. The molecule has 2 rings (SSSR count). The maximum absolute atomic E-state index is 4.30. The van der Waals surface area contributed by atoms with E-state index in [0.29, 0.717) is 0 Å². The molecule has 1 aromatic heterocycles. The first-order valence-electron chi connectivity index (χ1n) is 5.45. The summed E-state index contributed by atoms with van der Waals surface area (Å²) in [5.74, 6) is 0.824. The fourth-order valence-electron chi connectivity index (χ4n) is 2.21. The zero-order chi connectivity index (χ0) is 9.97. The van der Waals surface area contributed by atoms with E-state index in [9.17, 15) is 0 Å². The maximum Gasteiger partial charge on any atom is 0.0521 e. The van der Waals surface area contributed by atoms with Crippen molar-refractivity contribution in [1.29, 1.82) is 0 Å². The second-order valence-electron chi connectivity index (χ2n) is 4.12. The third kappa shape index (κ3) is 2.19. The van der Waals surface area contributed by atoms with Gasteiger partial charge in [0.1, 0.15) is 0 Å². The average Bonchev–Trinajstić information content (AvgIpc) is 2.77. The predicted octanol–water partition coefficient (Wildman–Crippen LogP) is 3.01. The van der Waals surface area contributed by atoms with Crippen LogP contribution in [-0.2, 0) is 13.0 Å². The van der Waals surface area contributed by atoms with Crippen molar-refractivity contribution in [2.45, 2.75) is 44.0 Å². The minimum absolute atomic E-state index is 0.729. The Labute approximate surface area is 93.8 Å². The van der Waals surface area contributed by atoms with Gasteiger partial charge in [0.25, 0.3) is 0 Å². The highest BCUT2D eigenvalue weighted by Gasteiger charge is 2.25. The number of hydrogen-bond donors (Lipinski definition) is 0. The zero-order valence-corrected chi connectivity index (χ0v) is 10.2. The molecule has 0 amide bonds. The van der Waals surface area contributed by atoms with Gasteiger partial charge >= 0.3 is 0 Å². The molecule has 3 heteroatoms. The number of alkyl halides is 1. The van der Waals surface area contributed by atoms with Crippen molar-refractivity contribution in [1.82, 2.24) is 9.78 Å². The van der Waals surface area contributed by atoms with Crippen molar-refractivity contribution < 1.29 is 0 Å². The molecule has 1 aliphatic carbocycles. The number of hydrogen-bond acceptors (Lipinski definition) is 1. The van der Waals surface area contributed by atoms with Crippen LogP contribution in [0.25, 0.3) is 0 Å². The molecule has 0 aromatic carbocycles. The van der Waals surface area contributed by atoms with Crippen molar-refractivity contribution in [2.75, 3.05) is 0 Å². The van der Waals surface area contributed by atoms with Crippen molar-refractivity contribution in [2.24, 2.45) is 5.92 Å². The van der Waals surface area contributed by atoms with Crippen molar-refractivity contribution in [3.8, 4) is 0 Å². The van der Waals surface area contributed by atoms with E-state index in [0.717, 1.165) is 17.3 Å². The maximum atomic E-state index is 4.30. The lowest BCUT2D eigenvalue weighted by Crippen LogP contribution is -2.09. The van der Waals surface area contributed by atoms with E-state index in [1.165, 1.54) is 31.2 Å². The van der Waals surface area contributed by atoms with Crippen LogP contribution >= 0.6 is 15.9 Å². The quantitative estimate of drug-likeness (QED) is 0.761. The number of halogens is 1. The molecule has 0 spiro atoms. The summed E-state index contributed by atoms with van der Waals surface area (Å²) in [6.45, 7) is 3.10. The van der Waals surface area contributed by atoms with Gasteiger partial charge in [-0.25, -0.2) is 0 Å². The Balaban J connectivity index is 1.96. The first kappa shape index (κ1) is 10.2. The molecule has 0 bridgehead atoms. The van der Waals surface area contributed by atoms with Crippen LogP contribution in [0.4, 0.5) is 0 Å². The molecule has 78 valence electrons. The normalized spacial score (nSPS) is 27.0. The van der Waals surface area contributed by atoms with Gasteiger partial charge in [-0.15, -0.1) is 0 Å². The Morgan fingerprint density at radius 1 is 1.57 bits per heavy atom. The SMILES string of the molecule is CCn1cc(CC2CCCC2Br)cn1. The van der Waals surface area contributed by atoms with Crippen LogP contribution in [0.5, 0.6) is 0 Å². The molecule has 1 saturated carbocycles. The van der Waals surface area contributed by atoms with Gasteiger partial charge in [0.05, 0.1) is 6.20 Å². The van der Waals surface area contributed by atoms with Crippen molar-refractivity contribution in [3.05, 3.63) is 18.0 Å². The van der Waals surface area contributed by atoms with Gasteiger partial charge in [-0.3, -0.25) is 4.68 Å². The largest absolute Gasteiger partial charge is 0.273 e. The summed E-state index contributed by atoms with van der Waals surface area (Å²) in [5.41, 5.74) is 1.39. The molecule has 2 nitrogen and oxygen atoms in total. The van der Waals surface area contributed by atoms with E-state index in [-0.39, 0.29) is 0 Å². The molecule has 0 N–H and O–H groups in total. The summed E-state index contributed by atoms with van der Waals surface area (Å²) in [4.78, 5) is 0.729. The Bertz CT molecular complexity index is 295. The summed E-state index contributed by atoms with van der Waals surface area (Å²) < 4.78 is 2.01. The Morgan fingerprint density at radius 3 is 3.00 bits per heavy atom. The summed E-state index contributed by atoms with van der Waals surface area (Å²) in [5, 5.41) is 4.30. The fraction of sp³-hybridized carbons (Fsp3) is 0.727. The van der Waals surface area contributed by atoms with Gasteiger partial charge in [-0.2, -0.15) is 5.10 Å². The summed E-state index contributed by atoms with van der Waals surface area (Å²) >= 11 is 3.76. The fourth-order valence-corrected chi connectivity index (χ4v) is 2.98. The summed E-state index contributed by atoms with van der Waals surface area (Å²) in [6, 6.07) is 0. The molecule has 1 aliphatic rings. The van der Waals surface area contributed by atoms with Crippen LogP contribution in [0.15, 0.2) is 12.4 Å². The minimum Gasteiger partial charge on any atom is -0.273 e. The lowest BCUT2D eigenvalue weighted by molar-refractivity contribution is 0.562. The van der Waals surface area contributed by atoms with Crippen LogP contribution in [-0.4, -0.2) is 14.6 Å². The lowest BCUT2D eigenvalue weighted by Gasteiger charge is -2.11. The van der Waals surface area contributed by atoms with Gasteiger partial charge in [0.2, 0.25) is 0 Å². The van der Waals surface area contributed by atoms with Gasteiger partial charge < -0.3 is 0 Å². The Morgan fingerprint density at radius 2 is 2.43 bits per heavy atom. The standard InChI is InChI=1S/C11H17BrN2/c1-2-14-8-9(7-13-14)6-10-4-3-5-11(10)12/h7-8,10-11H,2-6H2,1H3. The smallest absolute Gasteiger partial charge is 0.0521 e. The van der Waals surface area contributed by atoms with E-state index in [2.05, 4.69) is 34.1 Å². The van der Waals surface area contributed by atoms with Gasteiger partial charge in [-0.05, 0) is 37.7 Å². The molecule has 2 unspecified atom stereocenters. The van der Waals surface area contributed by atoms with Crippen LogP contribution in [0.2, 0.25) is 0 Å². The van der Waals surface area contributed by atoms with E-state index >= 15 is 0 Å². The molecular formula is C11H17BrN2. The number of rotatable bonds is 3. The molecule has 0 aliphatic heterocycles. The molecular weight excluding hydrogens is 240 g/mol. The molecule has 0 radical (unpaired) electrons. The molecule has 2 atom stereocenters. The van der Waals surface area contributed by atoms with Gasteiger partial charge in [0, 0.05) is 17.6 Å². The van der Waals surface area contributed by atoms with E-state index in [4.69, 9.17) is 0 Å². The molecule has 14 heavy (non-hydrogen) atoms. The first-order valence-corrected chi connectivity index (χ1v) is 6.36. The highest BCUT2D eigenvalue weighted by Crippen LogP contribution is 2.33. The van der Waals surface area contributed by atoms with Gasteiger partial charge in [-0.1, -0.05) is 22.4 Å². The van der Waals surface area contributed by atoms with E-state index in [1.54, 1.807) is 0 Å². The van der Waals surface area contributed by atoms with Crippen LogP contribution < -0.4 is 0 Å². The zero-order valence-electron chi connectivity index (χ0n) is 8.62. The second-order valence-corrected chi connectivity index (χ2v) is 5.29. The van der Waals surface area contributed by atoms with Crippen molar-refractivity contribution >= 4 is 15.9 Å². The Hall–Kier alpha value is -0.310. The molecule has 1 heterocycles. The molecule has 1 aromatic rings. The van der Waals surface area contributed by atoms with Gasteiger partial charge in [0.15, 0.2) is 0 Å². The molecule has 1 fully saturated rings.